The van der Waals surface area contributed by atoms with Crippen LogP contribution in [0.5, 0.6) is 0 Å². The number of carbonyl (C=O) groups excluding carboxylic acids is 1. The van der Waals surface area contributed by atoms with Gasteiger partial charge in [0, 0.05) is 32.4 Å². The van der Waals surface area contributed by atoms with E-state index in [4.69, 9.17) is 17.3 Å². The summed E-state index contributed by atoms with van der Waals surface area (Å²) in [7, 11) is 0. The molecule has 0 unspecified atom stereocenters. The van der Waals surface area contributed by atoms with Crippen LogP contribution in [0, 0.1) is 0 Å². The monoisotopic (exact) mass is 308 g/mol. The first-order valence-electron chi connectivity index (χ1n) is 5.81. The van der Waals surface area contributed by atoms with Gasteiger partial charge in [-0.15, -0.1) is 0 Å². The maximum Gasteiger partial charge on any atom is 0.471 e. The second-order valence-electron chi connectivity index (χ2n) is 4.34. The standard InChI is InChI=1S/C11H12ClF3N4O/c12-7-5-8(16)9(17-6-7)18-1-3-19(4-2-18)10(20)11(13,14)15/h5-6H,1-4,16H2. The summed E-state index contributed by atoms with van der Waals surface area (Å²) in [6, 6.07) is 1.52. The van der Waals surface area contributed by atoms with Gasteiger partial charge in [-0.05, 0) is 6.07 Å². The second kappa shape index (κ2) is 5.35. The number of rotatable bonds is 1. The van der Waals surface area contributed by atoms with Gasteiger partial charge < -0.3 is 15.5 Å². The van der Waals surface area contributed by atoms with Gasteiger partial charge in [0.15, 0.2) is 5.82 Å². The van der Waals surface area contributed by atoms with Crippen LogP contribution in [-0.4, -0.2) is 48.1 Å². The minimum atomic E-state index is -4.83. The Labute approximate surface area is 118 Å². The van der Waals surface area contributed by atoms with Gasteiger partial charge in [0.1, 0.15) is 0 Å². The third-order valence-corrected chi connectivity index (χ3v) is 3.18. The van der Waals surface area contributed by atoms with Gasteiger partial charge in [0.05, 0.1) is 10.7 Å². The van der Waals surface area contributed by atoms with Gasteiger partial charge in [-0.2, -0.15) is 13.2 Å². The summed E-state index contributed by atoms with van der Waals surface area (Å²) in [4.78, 5) is 17.7. The summed E-state index contributed by atoms with van der Waals surface area (Å²) in [5, 5.41) is 0.386. The number of hydrogen-bond acceptors (Lipinski definition) is 4. The quantitative estimate of drug-likeness (QED) is 0.854. The number of pyridine rings is 1. The van der Waals surface area contributed by atoms with Gasteiger partial charge in [-0.3, -0.25) is 4.79 Å². The Balaban J connectivity index is 2.03. The van der Waals surface area contributed by atoms with Gasteiger partial charge in [0.2, 0.25) is 0 Å². The van der Waals surface area contributed by atoms with Gasteiger partial charge in [0.25, 0.3) is 0 Å². The van der Waals surface area contributed by atoms with Crippen molar-refractivity contribution in [3.8, 4) is 0 Å². The molecule has 1 aliphatic rings. The summed E-state index contributed by atoms with van der Waals surface area (Å²) in [5.74, 6) is -1.34. The molecule has 1 fully saturated rings. The number of halogens is 4. The Morgan fingerprint density at radius 2 is 1.90 bits per heavy atom. The molecule has 0 saturated carbocycles. The second-order valence-corrected chi connectivity index (χ2v) is 4.78. The van der Waals surface area contributed by atoms with Crippen LogP contribution >= 0.6 is 11.6 Å². The molecule has 0 aliphatic carbocycles. The average molecular weight is 309 g/mol. The van der Waals surface area contributed by atoms with Crippen molar-refractivity contribution in [3.05, 3.63) is 17.3 Å². The Morgan fingerprint density at radius 3 is 2.40 bits per heavy atom. The summed E-state index contributed by atoms with van der Waals surface area (Å²) in [6.07, 6.45) is -3.42. The number of nitrogens with two attached hydrogens (primary N) is 1. The molecule has 5 nitrogen and oxygen atoms in total. The van der Waals surface area contributed by atoms with Crippen LogP contribution in [0.25, 0.3) is 0 Å². The van der Waals surface area contributed by atoms with E-state index in [2.05, 4.69) is 4.98 Å². The first-order valence-corrected chi connectivity index (χ1v) is 6.19. The molecule has 2 rings (SSSR count). The first kappa shape index (κ1) is 14.7. The number of carbonyl (C=O) groups is 1. The minimum absolute atomic E-state index is 0.0257. The number of aromatic nitrogens is 1. The minimum Gasteiger partial charge on any atom is -0.396 e. The van der Waals surface area contributed by atoms with E-state index >= 15 is 0 Å². The van der Waals surface area contributed by atoms with E-state index in [0.717, 1.165) is 4.90 Å². The number of nitrogen functional groups attached to an aromatic ring is 1. The Kier molecular flexibility index (Phi) is 3.94. The van der Waals surface area contributed by atoms with Crippen molar-refractivity contribution in [3.63, 3.8) is 0 Å². The average Bonchev–Trinajstić information content (AvgIpc) is 2.37. The zero-order valence-corrected chi connectivity index (χ0v) is 11.1. The van der Waals surface area contributed by atoms with Crippen molar-refractivity contribution in [1.82, 2.24) is 9.88 Å². The highest BCUT2D eigenvalue weighted by atomic mass is 35.5. The van der Waals surface area contributed by atoms with E-state index in [9.17, 15) is 18.0 Å². The molecular weight excluding hydrogens is 297 g/mol. The highest BCUT2D eigenvalue weighted by molar-refractivity contribution is 6.30. The van der Waals surface area contributed by atoms with E-state index in [1.54, 1.807) is 4.90 Å². The fourth-order valence-electron chi connectivity index (χ4n) is 2.01. The molecule has 0 spiro atoms. The summed E-state index contributed by atoms with van der Waals surface area (Å²) in [6.45, 7) is 0.422. The van der Waals surface area contributed by atoms with Crippen molar-refractivity contribution < 1.29 is 18.0 Å². The molecular formula is C11H12ClF3N4O. The molecule has 1 aromatic heterocycles. The molecule has 1 aliphatic heterocycles. The van der Waals surface area contributed by atoms with Crippen LogP contribution in [0.15, 0.2) is 12.3 Å². The maximum atomic E-state index is 12.3. The summed E-state index contributed by atoms with van der Waals surface area (Å²) >= 11 is 5.73. The Morgan fingerprint density at radius 1 is 1.30 bits per heavy atom. The third kappa shape index (κ3) is 3.06. The predicted octanol–water partition coefficient (Wildman–Crippen LogP) is 1.53. The van der Waals surface area contributed by atoms with Crippen molar-refractivity contribution in [2.24, 2.45) is 0 Å². The molecule has 0 bridgehead atoms. The number of piperazine rings is 1. The number of hydrogen-bond donors (Lipinski definition) is 1. The van der Waals surface area contributed by atoms with E-state index in [1.807, 2.05) is 0 Å². The predicted molar refractivity (Wildman–Crippen MR) is 68.5 cm³/mol. The third-order valence-electron chi connectivity index (χ3n) is 2.97. The Bertz CT molecular complexity index is 515. The van der Waals surface area contributed by atoms with Crippen LogP contribution in [-0.2, 0) is 4.79 Å². The molecule has 0 atom stereocenters. The topological polar surface area (TPSA) is 62.5 Å². The smallest absolute Gasteiger partial charge is 0.396 e. The van der Waals surface area contributed by atoms with E-state index in [0.29, 0.717) is 16.5 Å². The molecule has 1 amide bonds. The molecule has 0 radical (unpaired) electrons. The van der Waals surface area contributed by atoms with Crippen LogP contribution in [0.4, 0.5) is 24.7 Å². The van der Waals surface area contributed by atoms with Crippen molar-refractivity contribution >= 4 is 29.0 Å². The number of anilines is 2. The van der Waals surface area contributed by atoms with Crippen LogP contribution in [0.2, 0.25) is 5.02 Å². The fraction of sp³-hybridized carbons (Fsp3) is 0.455. The van der Waals surface area contributed by atoms with Crippen molar-refractivity contribution in [2.45, 2.75) is 6.18 Å². The number of alkyl halides is 3. The van der Waals surface area contributed by atoms with E-state index < -0.39 is 12.1 Å². The summed E-state index contributed by atoms with van der Waals surface area (Å²) < 4.78 is 36.9. The molecule has 9 heteroatoms. The Hall–Kier alpha value is -1.70. The van der Waals surface area contributed by atoms with Crippen LogP contribution < -0.4 is 10.6 Å². The molecule has 1 saturated heterocycles. The van der Waals surface area contributed by atoms with E-state index in [-0.39, 0.29) is 26.2 Å². The lowest BCUT2D eigenvalue weighted by Gasteiger charge is -2.36. The van der Waals surface area contributed by atoms with Crippen molar-refractivity contribution in [1.29, 1.82) is 0 Å². The van der Waals surface area contributed by atoms with Crippen molar-refractivity contribution in [2.75, 3.05) is 36.8 Å². The number of nitrogens with zero attached hydrogens (tertiary/aromatic N) is 3. The molecule has 2 heterocycles. The van der Waals surface area contributed by atoms with Crippen LogP contribution in [0.1, 0.15) is 0 Å². The van der Waals surface area contributed by atoms with Crippen LogP contribution in [0.3, 0.4) is 0 Å². The zero-order valence-electron chi connectivity index (χ0n) is 10.3. The van der Waals surface area contributed by atoms with Gasteiger partial charge in [-0.25, -0.2) is 4.98 Å². The lowest BCUT2D eigenvalue weighted by Crippen LogP contribution is -2.52. The number of amides is 1. The molecule has 0 aromatic carbocycles. The SMILES string of the molecule is Nc1cc(Cl)cnc1N1CCN(C(=O)C(F)(F)F)CC1. The zero-order chi connectivity index (χ0) is 14.9. The van der Waals surface area contributed by atoms with Gasteiger partial charge in [-0.1, -0.05) is 11.6 Å². The largest absolute Gasteiger partial charge is 0.471 e. The fourth-order valence-corrected chi connectivity index (χ4v) is 2.18. The lowest BCUT2D eigenvalue weighted by atomic mass is 10.2. The maximum absolute atomic E-state index is 12.3. The molecule has 1 aromatic rings. The first-order chi connectivity index (χ1) is 9.29. The normalized spacial score (nSPS) is 16.4. The lowest BCUT2D eigenvalue weighted by molar-refractivity contribution is -0.185. The molecule has 2 N–H and O–H groups in total. The molecule has 20 heavy (non-hydrogen) atoms. The highest BCUT2D eigenvalue weighted by Crippen LogP contribution is 2.25. The van der Waals surface area contributed by atoms with E-state index in [1.165, 1.54) is 12.3 Å². The molecule has 110 valence electrons. The highest BCUT2D eigenvalue weighted by Gasteiger charge is 2.43. The summed E-state index contributed by atoms with van der Waals surface area (Å²) in [5.41, 5.74) is 6.12. The van der Waals surface area contributed by atoms with Gasteiger partial charge >= 0.3 is 12.1 Å².